The number of carbonyl (C=O) groups excluding carboxylic acids is 3. The maximum atomic E-state index is 14.1. The van der Waals surface area contributed by atoms with Gasteiger partial charge < -0.3 is 29.0 Å². The van der Waals surface area contributed by atoms with E-state index >= 15 is 0 Å². The second-order valence-corrected chi connectivity index (χ2v) is 11.5. The fraction of sp³-hybridized carbons (Fsp3) is 0.457. The van der Waals surface area contributed by atoms with Gasteiger partial charge in [0.2, 0.25) is 0 Å². The van der Waals surface area contributed by atoms with Crippen molar-refractivity contribution in [2.24, 2.45) is 0 Å². The van der Waals surface area contributed by atoms with Gasteiger partial charge in [0.05, 0.1) is 26.4 Å². The van der Waals surface area contributed by atoms with Crippen molar-refractivity contribution >= 4 is 17.7 Å². The van der Waals surface area contributed by atoms with Gasteiger partial charge >= 0.3 is 11.9 Å². The number of rotatable bonds is 9. The van der Waals surface area contributed by atoms with E-state index in [0.29, 0.717) is 52.7 Å². The number of esters is 2. The lowest BCUT2D eigenvalue weighted by atomic mass is 9.71. The molecule has 44 heavy (non-hydrogen) atoms. The van der Waals surface area contributed by atoms with Crippen LogP contribution in [0.1, 0.15) is 88.7 Å². The van der Waals surface area contributed by atoms with Gasteiger partial charge in [-0.25, -0.2) is 4.79 Å². The van der Waals surface area contributed by atoms with Gasteiger partial charge in [-0.2, -0.15) is 0 Å². The van der Waals surface area contributed by atoms with Crippen molar-refractivity contribution in [3.8, 4) is 23.0 Å². The summed E-state index contributed by atoms with van der Waals surface area (Å²) in [5.74, 6) is 0.155. The molecule has 9 nitrogen and oxygen atoms in total. The Labute approximate surface area is 258 Å². The van der Waals surface area contributed by atoms with E-state index in [9.17, 15) is 14.4 Å². The van der Waals surface area contributed by atoms with Crippen molar-refractivity contribution in [1.29, 1.82) is 0 Å². The molecular formula is C35H41NO8. The highest BCUT2D eigenvalue weighted by Crippen LogP contribution is 2.48. The first-order chi connectivity index (χ1) is 21.2. The second-order valence-electron chi connectivity index (χ2n) is 11.5. The first-order valence-electron chi connectivity index (χ1n) is 15.4. The van der Waals surface area contributed by atoms with Gasteiger partial charge in [-0.3, -0.25) is 9.59 Å². The number of carbonyl (C=O) groups is 3. The normalized spacial score (nSPS) is 20.4. The summed E-state index contributed by atoms with van der Waals surface area (Å²) in [7, 11) is 3.18. The molecule has 1 fully saturated rings. The van der Waals surface area contributed by atoms with Crippen molar-refractivity contribution in [2.45, 2.75) is 83.7 Å². The molecule has 0 unspecified atom stereocenters. The van der Waals surface area contributed by atoms with E-state index in [2.05, 4.69) is 5.32 Å². The first-order valence-corrected chi connectivity index (χ1v) is 15.4. The molecule has 1 saturated carbocycles. The Morgan fingerprint density at radius 1 is 0.886 bits per heavy atom. The molecule has 0 amide bonds. The molecule has 0 radical (unpaired) electrons. The number of dihydropyridines is 1. The summed E-state index contributed by atoms with van der Waals surface area (Å²) in [5, 5.41) is 3.43. The molecule has 0 aromatic heterocycles. The second kappa shape index (κ2) is 13.6. The lowest BCUT2D eigenvalue weighted by Crippen LogP contribution is -2.37. The molecule has 234 valence electrons. The van der Waals surface area contributed by atoms with Gasteiger partial charge in [0.25, 0.3) is 0 Å². The van der Waals surface area contributed by atoms with Crippen LogP contribution in [0.25, 0.3) is 0 Å². The number of hydrogen-bond acceptors (Lipinski definition) is 9. The van der Waals surface area contributed by atoms with E-state index in [0.717, 1.165) is 43.4 Å². The number of ketones is 1. The average Bonchev–Trinajstić information content (AvgIpc) is 3.01. The standard InChI is InChI=1S/C35H41NO8/c1-6-42-31-19-23(13-15-29(31)43-21(3)37)33-32(35(39)44-25-10-8-7-9-11-25)20(2)36-26-16-24(17-27(38)34(26)33)22-12-14-28(40-4)30(18-22)41-5/h12-15,18-19,24-25,33,36H,6-11,16-17H2,1-5H3/t24-,33+/m1/s1. The summed E-state index contributed by atoms with van der Waals surface area (Å²) in [6, 6.07) is 10.9. The van der Waals surface area contributed by atoms with Crippen LogP contribution in [0.5, 0.6) is 23.0 Å². The van der Waals surface area contributed by atoms with Crippen molar-refractivity contribution in [2.75, 3.05) is 20.8 Å². The van der Waals surface area contributed by atoms with E-state index in [1.807, 2.05) is 32.0 Å². The van der Waals surface area contributed by atoms with Gasteiger partial charge in [-0.15, -0.1) is 0 Å². The zero-order valence-electron chi connectivity index (χ0n) is 26.1. The molecule has 1 heterocycles. The number of methoxy groups -OCH3 is 2. The van der Waals surface area contributed by atoms with Gasteiger partial charge in [0, 0.05) is 36.2 Å². The molecule has 3 aliphatic rings. The molecule has 0 bridgehead atoms. The summed E-state index contributed by atoms with van der Waals surface area (Å²) < 4.78 is 28.2. The molecule has 9 heteroatoms. The van der Waals surface area contributed by atoms with E-state index in [1.165, 1.54) is 6.92 Å². The highest BCUT2D eigenvalue weighted by Gasteiger charge is 2.42. The summed E-state index contributed by atoms with van der Waals surface area (Å²) in [4.78, 5) is 39.8. The van der Waals surface area contributed by atoms with Crippen LogP contribution >= 0.6 is 0 Å². The highest BCUT2D eigenvalue weighted by molar-refractivity contribution is 6.04. The number of benzene rings is 2. The summed E-state index contributed by atoms with van der Waals surface area (Å²) in [6.45, 7) is 5.37. The quantitative estimate of drug-likeness (QED) is 0.262. The van der Waals surface area contributed by atoms with Crippen LogP contribution in [0.15, 0.2) is 58.9 Å². The maximum Gasteiger partial charge on any atom is 0.337 e. The van der Waals surface area contributed by atoms with E-state index in [-0.39, 0.29) is 30.0 Å². The number of ether oxygens (including phenoxy) is 5. The van der Waals surface area contributed by atoms with Crippen molar-refractivity contribution in [3.63, 3.8) is 0 Å². The summed E-state index contributed by atoms with van der Waals surface area (Å²) >= 11 is 0. The van der Waals surface area contributed by atoms with Crippen LogP contribution in [-0.4, -0.2) is 44.7 Å². The first kappa shape index (κ1) is 31.2. The zero-order valence-corrected chi connectivity index (χ0v) is 26.1. The van der Waals surface area contributed by atoms with Gasteiger partial charge in [-0.1, -0.05) is 18.6 Å². The topological polar surface area (TPSA) is 109 Å². The third kappa shape index (κ3) is 6.47. The minimum atomic E-state index is -0.674. The molecule has 2 aromatic rings. The van der Waals surface area contributed by atoms with E-state index in [1.54, 1.807) is 32.4 Å². The number of Topliss-reactive ketones (excluding diaryl/α,β-unsaturated/α-hetero) is 1. The molecule has 1 aliphatic heterocycles. The smallest absolute Gasteiger partial charge is 0.337 e. The van der Waals surface area contributed by atoms with Crippen LogP contribution in [0.2, 0.25) is 0 Å². The fourth-order valence-electron chi connectivity index (χ4n) is 6.59. The molecule has 2 atom stereocenters. The maximum absolute atomic E-state index is 14.1. The van der Waals surface area contributed by atoms with Crippen LogP contribution in [0.4, 0.5) is 0 Å². The Balaban J connectivity index is 1.57. The van der Waals surface area contributed by atoms with Crippen LogP contribution in [0, 0.1) is 0 Å². The van der Waals surface area contributed by atoms with Crippen molar-refractivity contribution < 1.29 is 38.1 Å². The third-order valence-electron chi connectivity index (χ3n) is 8.61. The Morgan fingerprint density at radius 2 is 1.57 bits per heavy atom. The lowest BCUT2D eigenvalue weighted by molar-refractivity contribution is -0.146. The van der Waals surface area contributed by atoms with Crippen molar-refractivity contribution in [1.82, 2.24) is 5.32 Å². The van der Waals surface area contributed by atoms with Crippen molar-refractivity contribution in [3.05, 3.63) is 70.1 Å². The molecule has 1 N–H and O–H groups in total. The molecule has 0 spiro atoms. The van der Waals surface area contributed by atoms with E-state index < -0.39 is 17.9 Å². The predicted molar refractivity (Wildman–Crippen MR) is 164 cm³/mol. The SMILES string of the molecule is CCOc1cc([C@H]2C(C(=O)OC3CCCCC3)=C(C)NC3=C2C(=O)C[C@H](c2ccc(OC)c(OC)c2)C3)ccc1OC(C)=O. The highest BCUT2D eigenvalue weighted by atomic mass is 16.6. The molecule has 2 aromatic carbocycles. The summed E-state index contributed by atoms with van der Waals surface area (Å²) in [5.41, 5.74) is 4.04. The Hall–Kier alpha value is -4.27. The number of allylic oxidation sites excluding steroid dienone is 3. The molecular weight excluding hydrogens is 562 g/mol. The number of nitrogens with one attached hydrogen (secondary N) is 1. The monoisotopic (exact) mass is 603 g/mol. The Bertz CT molecular complexity index is 1500. The predicted octanol–water partition coefficient (Wildman–Crippen LogP) is 6.27. The molecule has 5 rings (SSSR count). The summed E-state index contributed by atoms with van der Waals surface area (Å²) in [6.07, 6.45) is 5.55. The third-order valence-corrected chi connectivity index (χ3v) is 8.61. The van der Waals surface area contributed by atoms with Crippen LogP contribution < -0.4 is 24.3 Å². The minimum absolute atomic E-state index is 0.0546. The van der Waals surface area contributed by atoms with Crippen LogP contribution in [-0.2, 0) is 19.1 Å². The van der Waals surface area contributed by atoms with Gasteiger partial charge in [-0.05, 0) is 87.3 Å². The largest absolute Gasteiger partial charge is 0.493 e. The minimum Gasteiger partial charge on any atom is -0.493 e. The van der Waals surface area contributed by atoms with Crippen LogP contribution in [0.3, 0.4) is 0 Å². The Kier molecular flexibility index (Phi) is 9.61. The Morgan fingerprint density at radius 3 is 2.25 bits per heavy atom. The fourth-order valence-corrected chi connectivity index (χ4v) is 6.59. The number of hydrogen-bond donors (Lipinski definition) is 1. The zero-order chi connectivity index (χ0) is 31.4. The van der Waals surface area contributed by atoms with Gasteiger partial charge in [0.1, 0.15) is 6.10 Å². The van der Waals surface area contributed by atoms with E-state index in [4.69, 9.17) is 23.7 Å². The lowest BCUT2D eigenvalue weighted by Gasteiger charge is -2.37. The average molecular weight is 604 g/mol. The molecule has 0 saturated heterocycles. The molecule has 2 aliphatic carbocycles. The van der Waals surface area contributed by atoms with Gasteiger partial charge in [0.15, 0.2) is 28.8 Å².